The summed E-state index contributed by atoms with van der Waals surface area (Å²) in [6, 6.07) is 5.87. The van der Waals surface area contributed by atoms with Gasteiger partial charge in [-0.15, -0.1) is 12.4 Å². The number of rotatable bonds is 3. The van der Waals surface area contributed by atoms with Crippen molar-refractivity contribution in [1.82, 2.24) is 5.32 Å². The maximum absolute atomic E-state index is 12.2. The summed E-state index contributed by atoms with van der Waals surface area (Å²) in [5.41, 5.74) is 8.92. The number of nitrogen functional groups attached to an aromatic ring is 1. The summed E-state index contributed by atoms with van der Waals surface area (Å²) in [6.07, 6.45) is 3.85. The van der Waals surface area contributed by atoms with Crippen LogP contribution in [0.5, 0.6) is 0 Å². The van der Waals surface area contributed by atoms with Crippen molar-refractivity contribution in [2.24, 2.45) is 5.92 Å². The van der Waals surface area contributed by atoms with E-state index in [1.165, 1.54) is 5.56 Å². The predicted molar refractivity (Wildman–Crippen MR) is 93.3 cm³/mol. The molecule has 23 heavy (non-hydrogen) atoms. The topological polar surface area (TPSA) is 89.3 Å². The largest absolute Gasteiger partial charge is 0.399 e. The molecule has 3 rings (SSSR count). The minimum Gasteiger partial charge on any atom is -0.399 e. The second-order valence-corrected chi connectivity index (χ2v) is 8.67. The SMILES string of the molecule is Cl.Nc1ccc2c(c1)CCCC2NC(=O)CC1CCS(=O)(=O)C1. The van der Waals surface area contributed by atoms with E-state index in [9.17, 15) is 13.2 Å². The lowest BCUT2D eigenvalue weighted by Crippen LogP contribution is -2.32. The van der Waals surface area contributed by atoms with E-state index in [0.717, 1.165) is 30.5 Å². The van der Waals surface area contributed by atoms with Crippen molar-refractivity contribution in [2.75, 3.05) is 17.2 Å². The number of carbonyl (C=O) groups excluding carboxylic acids is 1. The van der Waals surface area contributed by atoms with Crippen molar-refractivity contribution in [3.05, 3.63) is 29.3 Å². The molecule has 1 amide bonds. The van der Waals surface area contributed by atoms with Gasteiger partial charge >= 0.3 is 0 Å². The monoisotopic (exact) mass is 358 g/mol. The Kier molecular flexibility index (Phi) is 5.57. The molecule has 3 N–H and O–H groups in total. The number of benzene rings is 1. The summed E-state index contributed by atoms with van der Waals surface area (Å²) in [7, 11) is -2.92. The summed E-state index contributed by atoms with van der Waals surface area (Å²) < 4.78 is 22.9. The van der Waals surface area contributed by atoms with Crippen molar-refractivity contribution in [3.63, 3.8) is 0 Å². The molecule has 2 unspecified atom stereocenters. The molecule has 0 radical (unpaired) electrons. The average Bonchev–Trinajstić information content (AvgIpc) is 2.77. The highest BCUT2D eigenvalue weighted by Gasteiger charge is 2.30. The fourth-order valence-electron chi connectivity index (χ4n) is 3.53. The molecule has 0 spiro atoms. The molecular weight excluding hydrogens is 336 g/mol. The fraction of sp³-hybridized carbons (Fsp3) is 0.562. The number of carbonyl (C=O) groups is 1. The Morgan fingerprint density at radius 3 is 2.78 bits per heavy atom. The number of nitrogens with two attached hydrogens (primary N) is 1. The van der Waals surface area contributed by atoms with E-state index in [-0.39, 0.29) is 41.8 Å². The number of hydrogen-bond acceptors (Lipinski definition) is 4. The first-order chi connectivity index (χ1) is 10.4. The van der Waals surface area contributed by atoms with Crippen LogP contribution >= 0.6 is 12.4 Å². The zero-order valence-corrected chi connectivity index (χ0v) is 14.6. The Bertz CT molecular complexity index is 691. The van der Waals surface area contributed by atoms with E-state index in [1.54, 1.807) is 0 Å². The van der Waals surface area contributed by atoms with Crippen LogP contribution in [0.3, 0.4) is 0 Å². The molecule has 2 aliphatic rings. The van der Waals surface area contributed by atoms with E-state index in [4.69, 9.17) is 5.73 Å². The lowest BCUT2D eigenvalue weighted by atomic mass is 9.87. The van der Waals surface area contributed by atoms with Crippen molar-refractivity contribution in [2.45, 2.75) is 38.1 Å². The minimum atomic E-state index is -2.92. The highest BCUT2D eigenvalue weighted by atomic mass is 35.5. The van der Waals surface area contributed by atoms with Crippen LogP contribution in [0.15, 0.2) is 18.2 Å². The number of hydrogen-bond donors (Lipinski definition) is 2. The first kappa shape index (κ1) is 18.1. The molecule has 0 saturated carbocycles. The first-order valence-corrected chi connectivity index (χ1v) is 9.63. The molecule has 0 aromatic heterocycles. The number of halogens is 1. The number of fused-ring (bicyclic) bond motifs is 1. The molecule has 1 heterocycles. The molecule has 1 fully saturated rings. The molecule has 0 bridgehead atoms. The Morgan fingerprint density at radius 1 is 1.30 bits per heavy atom. The normalized spacial score (nSPS) is 25.2. The quantitative estimate of drug-likeness (QED) is 0.809. The minimum absolute atomic E-state index is 0. The zero-order valence-electron chi connectivity index (χ0n) is 13.0. The van der Waals surface area contributed by atoms with Crippen molar-refractivity contribution < 1.29 is 13.2 Å². The van der Waals surface area contributed by atoms with Gasteiger partial charge in [0.25, 0.3) is 0 Å². The highest BCUT2D eigenvalue weighted by Crippen LogP contribution is 2.31. The van der Waals surface area contributed by atoms with E-state index >= 15 is 0 Å². The molecule has 1 aromatic carbocycles. The second-order valence-electron chi connectivity index (χ2n) is 6.44. The van der Waals surface area contributed by atoms with E-state index in [2.05, 4.69) is 5.32 Å². The van der Waals surface area contributed by atoms with Gasteiger partial charge in [0.1, 0.15) is 0 Å². The average molecular weight is 359 g/mol. The van der Waals surface area contributed by atoms with Crippen molar-refractivity contribution >= 4 is 33.8 Å². The van der Waals surface area contributed by atoms with Gasteiger partial charge in [0.05, 0.1) is 17.5 Å². The summed E-state index contributed by atoms with van der Waals surface area (Å²) in [5.74, 6) is 0.297. The van der Waals surface area contributed by atoms with Crippen LogP contribution < -0.4 is 11.1 Å². The highest BCUT2D eigenvalue weighted by molar-refractivity contribution is 7.91. The molecule has 1 aliphatic carbocycles. The van der Waals surface area contributed by atoms with E-state index in [1.807, 2.05) is 18.2 Å². The molecule has 1 aliphatic heterocycles. The number of amides is 1. The summed E-state index contributed by atoms with van der Waals surface area (Å²) in [4.78, 5) is 12.2. The first-order valence-electron chi connectivity index (χ1n) is 7.81. The Hall–Kier alpha value is -1.27. The fourth-order valence-corrected chi connectivity index (χ4v) is 5.39. The van der Waals surface area contributed by atoms with Crippen molar-refractivity contribution in [1.29, 1.82) is 0 Å². The Balaban J connectivity index is 0.00000192. The van der Waals surface area contributed by atoms with Gasteiger partial charge in [-0.3, -0.25) is 4.79 Å². The van der Waals surface area contributed by atoms with Crippen LogP contribution in [0.1, 0.15) is 42.9 Å². The van der Waals surface area contributed by atoms with Gasteiger partial charge in [0.15, 0.2) is 9.84 Å². The van der Waals surface area contributed by atoms with Gasteiger partial charge < -0.3 is 11.1 Å². The Labute approximate surface area is 143 Å². The lowest BCUT2D eigenvalue weighted by molar-refractivity contribution is -0.122. The number of sulfone groups is 1. The lowest BCUT2D eigenvalue weighted by Gasteiger charge is -2.27. The molecule has 5 nitrogen and oxygen atoms in total. The summed E-state index contributed by atoms with van der Waals surface area (Å²) in [5, 5.41) is 3.07. The smallest absolute Gasteiger partial charge is 0.220 e. The van der Waals surface area contributed by atoms with Gasteiger partial charge in [-0.1, -0.05) is 6.07 Å². The van der Waals surface area contributed by atoms with E-state index < -0.39 is 9.84 Å². The van der Waals surface area contributed by atoms with E-state index in [0.29, 0.717) is 12.8 Å². The number of anilines is 1. The van der Waals surface area contributed by atoms with Gasteiger partial charge in [-0.2, -0.15) is 0 Å². The van der Waals surface area contributed by atoms with Crippen LogP contribution in [0.4, 0.5) is 5.69 Å². The van der Waals surface area contributed by atoms with Gasteiger partial charge in [-0.25, -0.2) is 8.42 Å². The van der Waals surface area contributed by atoms with Crippen LogP contribution in [0, 0.1) is 5.92 Å². The third-order valence-electron chi connectivity index (χ3n) is 4.62. The molecule has 1 saturated heterocycles. The molecule has 2 atom stereocenters. The molecular formula is C16H23ClN2O3S. The number of aryl methyl sites for hydroxylation is 1. The molecule has 7 heteroatoms. The Morgan fingerprint density at radius 2 is 2.09 bits per heavy atom. The third-order valence-corrected chi connectivity index (χ3v) is 6.45. The molecule has 1 aromatic rings. The third kappa shape index (κ3) is 4.38. The second kappa shape index (κ2) is 7.09. The predicted octanol–water partition coefficient (Wildman–Crippen LogP) is 2.01. The summed E-state index contributed by atoms with van der Waals surface area (Å²) in [6.45, 7) is 0. The van der Waals surface area contributed by atoms with Crippen LogP contribution in [0.2, 0.25) is 0 Å². The standard InChI is InChI=1S/C16H22N2O3S.ClH/c17-13-4-5-14-12(9-13)2-1-3-15(14)18-16(19)8-11-6-7-22(20,21)10-11;/h4-5,9,11,15H,1-3,6-8,10,17H2,(H,18,19);1H. The van der Waals surface area contributed by atoms with Crippen LogP contribution in [-0.2, 0) is 21.1 Å². The van der Waals surface area contributed by atoms with Gasteiger partial charge in [0.2, 0.25) is 5.91 Å². The van der Waals surface area contributed by atoms with Gasteiger partial charge in [-0.05, 0) is 54.9 Å². The number of nitrogens with one attached hydrogen (secondary N) is 1. The zero-order chi connectivity index (χ0) is 15.7. The van der Waals surface area contributed by atoms with Crippen molar-refractivity contribution in [3.8, 4) is 0 Å². The van der Waals surface area contributed by atoms with Gasteiger partial charge in [0, 0.05) is 12.1 Å². The molecule has 128 valence electrons. The maximum atomic E-state index is 12.2. The van der Waals surface area contributed by atoms with Crippen LogP contribution in [0.25, 0.3) is 0 Å². The maximum Gasteiger partial charge on any atom is 0.220 e. The summed E-state index contributed by atoms with van der Waals surface area (Å²) >= 11 is 0. The van der Waals surface area contributed by atoms with Crippen LogP contribution in [-0.4, -0.2) is 25.8 Å².